The lowest BCUT2D eigenvalue weighted by atomic mass is 9.96. The quantitative estimate of drug-likeness (QED) is 0.230. The van der Waals surface area contributed by atoms with Crippen LogP contribution in [-0.2, 0) is 19.8 Å². The molecule has 0 aliphatic carbocycles. The smallest absolute Gasteiger partial charge is 0.356 e. The van der Waals surface area contributed by atoms with Gasteiger partial charge < -0.3 is 15.2 Å². The molecule has 0 spiro atoms. The molecule has 0 fully saturated rings. The maximum Gasteiger partial charge on any atom is 0.416 e. The molecule has 0 amide bonds. The molecule has 166 valence electrons. The third-order valence-corrected chi connectivity index (χ3v) is 4.63. The van der Waals surface area contributed by atoms with Gasteiger partial charge in [0.1, 0.15) is 12.4 Å². The SMILES string of the molecule is C=CCNC(=NCc1nnc(C)n1C)NCCC(C)c1cccc(C(F)(F)F)c1.I. The Hall–Kier alpha value is -2.11. The van der Waals surface area contributed by atoms with Crippen LogP contribution >= 0.6 is 24.0 Å². The Kier molecular flexibility index (Phi) is 10.3. The van der Waals surface area contributed by atoms with Gasteiger partial charge in [-0.2, -0.15) is 13.2 Å². The van der Waals surface area contributed by atoms with Crippen molar-refractivity contribution in [1.29, 1.82) is 0 Å². The highest BCUT2D eigenvalue weighted by Crippen LogP contribution is 2.31. The average Bonchev–Trinajstić information content (AvgIpc) is 3.01. The summed E-state index contributed by atoms with van der Waals surface area (Å²) in [7, 11) is 1.88. The highest BCUT2D eigenvalue weighted by molar-refractivity contribution is 14.0. The van der Waals surface area contributed by atoms with Crippen LogP contribution in [0.25, 0.3) is 0 Å². The lowest BCUT2D eigenvalue weighted by Gasteiger charge is -2.16. The molecule has 0 saturated carbocycles. The van der Waals surface area contributed by atoms with Crippen LogP contribution in [0.1, 0.15) is 42.0 Å². The molecule has 1 aromatic carbocycles. The fraction of sp³-hybridized carbons (Fsp3) is 0.450. The zero-order valence-electron chi connectivity index (χ0n) is 17.3. The number of benzene rings is 1. The molecule has 0 bridgehead atoms. The molecular formula is C20H28F3IN6. The van der Waals surface area contributed by atoms with Crippen molar-refractivity contribution in [2.45, 2.75) is 38.9 Å². The van der Waals surface area contributed by atoms with Crippen molar-refractivity contribution in [3.8, 4) is 0 Å². The number of hydrogen-bond donors (Lipinski definition) is 2. The number of halogens is 4. The summed E-state index contributed by atoms with van der Waals surface area (Å²) in [5, 5.41) is 14.4. The fourth-order valence-corrected chi connectivity index (χ4v) is 2.68. The largest absolute Gasteiger partial charge is 0.416 e. The minimum atomic E-state index is -4.33. The molecule has 2 aromatic rings. The number of aliphatic imine (C=N–C) groups is 1. The third kappa shape index (κ3) is 7.62. The van der Waals surface area contributed by atoms with Gasteiger partial charge in [-0.1, -0.05) is 31.2 Å². The highest BCUT2D eigenvalue weighted by Gasteiger charge is 2.30. The van der Waals surface area contributed by atoms with Gasteiger partial charge in [-0.15, -0.1) is 40.8 Å². The van der Waals surface area contributed by atoms with Gasteiger partial charge >= 0.3 is 6.18 Å². The van der Waals surface area contributed by atoms with Crippen LogP contribution in [0.2, 0.25) is 0 Å². The van der Waals surface area contributed by atoms with Gasteiger partial charge in [0.05, 0.1) is 5.56 Å². The van der Waals surface area contributed by atoms with E-state index in [0.29, 0.717) is 37.6 Å². The Labute approximate surface area is 192 Å². The molecule has 0 aliphatic heterocycles. The minimum absolute atomic E-state index is 0. The predicted molar refractivity (Wildman–Crippen MR) is 123 cm³/mol. The van der Waals surface area contributed by atoms with Gasteiger partial charge in [0.15, 0.2) is 11.8 Å². The summed E-state index contributed by atoms with van der Waals surface area (Å²) in [6.07, 6.45) is -1.96. The molecule has 0 radical (unpaired) electrons. The summed E-state index contributed by atoms with van der Waals surface area (Å²) in [4.78, 5) is 4.50. The maximum atomic E-state index is 12.9. The highest BCUT2D eigenvalue weighted by atomic mass is 127. The second-order valence-electron chi connectivity index (χ2n) is 6.80. The number of guanidine groups is 1. The second kappa shape index (κ2) is 11.9. The summed E-state index contributed by atoms with van der Waals surface area (Å²) in [6, 6.07) is 5.48. The number of hydrogen-bond acceptors (Lipinski definition) is 3. The van der Waals surface area contributed by atoms with Crippen molar-refractivity contribution in [3.63, 3.8) is 0 Å². The topological polar surface area (TPSA) is 67.1 Å². The van der Waals surface area contributed by atoms with Gasteiger partial charge in [0, 0.05) is 20.1 Å². The third-order valence-electron chi connectivity index (χ3n) is 4.63. The number of rotatable bonds is 8. The minimum Gasteiger partial charge on any atom is -0.356 e. The van der Waals surface area contributed by atoms with Gasteiger partial charge in [-0.3, -0.25) is 0 Å². The summed E-state index contributed by atoms with van der Waals surface area (Å²) in [5.41, 5.74) is 0.0393. The molecule has 0 aliphatic rings. The molecule has 6 nitrogen and oxygen atoms in total. The summed E-state index contributed by atoms with van der Waals surface area (Å²) in [5.74, 6) is 2.09. The van der Waals surface area contributed by atoms with E-state index in [1.807, 2.05) is 25.5 Å². The van der Waals surface area contributed by atoms with Crippen LogP contribution in [0.3, 0.4) is 0 Å². The van der Waals surface area contributed by atoms with E-state index in [1.165, 1.54) is 12.1 Å². The maximum absolute atomic E-state index is 12.9. The molecule has 0 saturated heterocycles. The van der Waals surface area contributed by atoms with E-state index < -0.39 is 11.7 Å². The van der Waals surface area contributed by atoms with E-state index in [2.05, 4.69) is 32.4 Å². The van der Waals surface area contributed by atoms with E-state index in [9.17, 15) is 13.2 Å². The lowest BCUT2D eigenvalue weighted by molar-refractivity contribution is -0.137. The van der Waals surface area contributed by atoms with Gasteiger partial charge in [-0.05, 0) is 30.9 Å². The second-order valence-corrected chi connectivity index (χ2v) is 6.80. The standard InChI is InChI=1S/C20H27F3N6.HI/c1-5-10-24-19(26-13-18-28-27-15(3)29(18)4)25-11-9-14(2)16-7-6-8-17(12-16)20(21,22)23;/h5-8,12,14H,1,9-11,13H2,2-4H3,(H2,24,25,26);1H. The zero-order valence-corrected chi connectivity index (χ0v) is 19.7. The van der Waals surface area contributed by atoms with E-state index >= 15 is 0 Å². The number of alkyl halides is 3. The van der Waals surface area contributed by atoms with Gasteiger partial charge in [0.2, 0.25) is 0 Å². The van der Waals surface area contributed by atoms with Crippen LogP contribution < -0.4 is 10.6 Å². The van der Waals surface area contributed by atoms with Crippen molar-refractivity contribution in [2.75, 3.05) is 13.1 Å². The fourth-order valence-electron chi connectivity index (χ4n) is 2.68. The zero-order chi connectivity index (χ0) is 21.4. The van der Waals surface area contributed by atoms with Crippen molar-refractivity contribution in [1.82, 2.24) is 25.4 Å². The van der Waals surface area contributed by atoms with Crippen molar-refractivity contribution in [3.05, 3.63) is 59.7 Å². The molecule has 1 atom stereocenters. The normalized spacial score (nSPS) is 12.8. The first-order valence-corrected chi connectivity index (χ1v) is 9.37. The van der Waals surface area contributed by atoms with Crippen molar-refractivity contribution >= 4 is 29.9 Å². The molecule has 1 aromatic heterocycles. The van der Waals surface area contributed by atoms with Crippen molar-refractivity contribution in [2.24, 2.45) is 12.0 Å². The Morgan fingerprint density at radius 2 is 2.03 bits per heavy atom. The lowest BCUT2D eigenvalue weighted by Crippen LogP contribution is -2.38. The number of aromatic nitrogens is 3. The van der Waals surface area contributed by atoms with Crippen LogP contribution in [0.5, 0.6) is 0 Å². The first-order valence-electron chi connectivity index (χ1n) is 9.37. The van der Waals surface area contributed by atoms with Crippen molar-refractivity contribution < 1.29 is 13.2 Å². The average molecular weight is 536 g/mol. The Morgan fingerprint density at radius 1 is 1.30 bits per heavy atom. The van der Waals surface area contributed by atoms with Crippen LogP contribution in [0.4, 0.5) is 13.2 Å². The molecule has 1 heterocycles. The van der Waals surface area contributed by atoms with Gasteiger partial charge in [0.25, 0.3) is 0 Å². The molecule has 1 unspecified atom stereocenters. The molecule has 10 heteroatoms. The molecule has 2 rings (SSSR count). The number of nitrogens with one attached hydrogen (secondary N) is 2. The summed E-state index contributed by atoms with van der Waals surface area (Å²) < 4.78 is 40.6. The Balaban J connectivity index is 0.00000450. The predicted octanol–water partition coefficient (Wildman–Crippen LogP) is 4.18. The van der Waals surface area contributed by atoms with E-state index in [0.717, 1.165) is 17.7 Å². The first-order chi connectivity index (χ1) is 13.7. The monoisotopic (exact) mass is 536 g/mol. The van der Waals surface area contributed by atoms with Crippen LogP contribution in [0, 0.1) is 6.92 Å². The Morgan fingerprint density at radius 3 is 2.63 bits per heavy atom. The van der Waals surface area contributed by atoms with Gasteiger partial charge in [-0.25, -0.2) is 4.99 Å². The number of aryl methyl sites for hydroxylation is 1. The first kappa shape index (κ1) is 25.9. The Bertz CT molecular complexity index is 847. The molecule has 30 heavy (non-hydrogen) atoms. The summed E-state index contributed by atoms with van der Waals surface area (Å²) in [6.45, 7) is 8.90. The van der Waals surface area contributed by atoms with Crippen LogP contribution in [0.15, 0.2) is 41.9 Å². The molecule has 2 N–H and O–H groups in total. The van der Waals surface area contributed by atoms with E-state index in [4.69, 9.17) is 0 Å². The van der Waals surface area contributed by atoms with E-state index in [-0.39, 0.29) is 29.9 Å². The van der Waals surface area contributed by atoms with E-state index in [1.54, 1.807) is 12.1 Å². The summed E-state index contributed by atoms with van der Waals surface area (Å²) >= 11 is 0. The molecular weight excluding hydrogens is 508 g/mol. The number of nitrogens with zero attached hydrogens (tertiary/aromatic N) is 4. The van der Waals surface area contributed by atoms with Crippen LogP contribution in [-0.4, -0.2) is 33.8 Å².